The third kappa shape index (κ3) is 4.98. The van der Waals surface area contributed by atoms with E-state index in [1.807, 2.05) is 36.7 Å². The van der Waals surface area contributed by atoms with Gasteiger partial charge in [-0.25, -0.2) is 8.42 Å². The van der Waals surface area contributed by atoms with Crippen LogP contribution in [-0.2, 0) is 10.0 Å². The van der Waals surface area contributed by atoms with E-state index in [1.165, 1.54) is 16.7 Å². The molecule has 0 saturated carbocycles. The molecule has 0 bridgehead atoms. The molecular weight excluding hydrogens is 368 g/mol. The summed E-state index contributed by atoms with van der Waals surface area (Å²) in [6, 6.07) is 7.45. The third-order valence-electron chi connectivity index (χ3n) is 5.02. The summed E-state index contributed by atoms with van der Waals surface area (Å²) in [4.78, 5) is 4.40. The summed E-state index contributed by atoms with van der Waals surface area (Å²) in [5, 5.41) is 0. The van der Waals surface area contributed by atoms with Crippen LogP contribution in [0.4, 0.5) is 5.69 Å². The minimum Gasteiger partial charge on any atom is -0.284 e. The lowest BCUT2D eigenvalue weighted by atomic mass is 9.81. The second kappa shape index (κ2) is 8.57. The van der Waals surface area contributed by atoms with Gasteiger partial charge >= 0.3 is 0 Å². The molecule has 1 heterocycles. The SMILES string of the molecule is C=C/C=C\C1=C(C)CCC2C=CN=CC2/C1=C/c1cccc(NS(C)(=O)=O)c1. The molecule has 5 heteroatoms. The van der Waals surface area contributed by atoms with Gasteiger partial charge in [0.15, 0.2) is 0 Å². The van der Waals surface area contributed by atoms with Crippen molar-refractivity contribution in [1.29, 1.82) is 0 Å². The van der Waals surface area contributed by atoms with Gasteiger partial charge in [-0.2, -0.15) is 0 Å². The predicted octanol–water partition coefficient (Wildman–Crippen LogP) is 5.12. The van der Waals surface area contributed by atoms with Crippen LogP contribution in [-0.4, -0.2) is 20.9 Å². The van der Waals surface area contributed by atoms with E-state index in [4.69, 9.17) is 0 Å². The van der Waals surface area contributed by atoms with E-state index >= 15 is 0 Å². The summed E-state index contributed by atoms with van der Waals surface area (Å²) >= 11 is 0. The Bertz CT molecular complexity index is 1010. The minimum atomic E-state index is -3.32. The fraction of sp³-hybridized carbons (Fsp3) is 0.261. The number of rotatable bonds is 5. The van der Waals surface area contributed by atoms with Gasteiger partial charge in [-0.15, -0.1) is 0 Å². The van der Waals surface area contributed by atoms with Gasteiger partial charge in [-0.1, -0.05) is 54.7 Å². The molecule has 0 spiro atoms. The minimum absolute atomic E-state index is 0.193. The molecule has 0 fully saturated rings. The maximum atomic E-state index is 11.6. The first-order valence-corrected chi connectivity index (χ1v) is 11.2. The average molecular weight is 395 g/mol. The smallest absolute Gasteiger partial charge is 0.229 e. The van der Waals surface area contributed by atoms with Crippen LogP contribution in [0.2, 0.25) is 0 Å². The highest BCUT2D eigenvalue weighted by Gasteiger charge is 2.28. The number of nitrogens with zero attached hydrogens (tertiary/aromatic N) is 1. The standard InChI is InChI=1S/C23H26N2O2S/c1-4-5-9-21-17(2)10-11-19-12-13-24-16-23(19)22(21)15-18-7-6-8-20(14-18)25-28(3,26)27/h4-9,12-16,19,23,25H,1,10-11H2,2-3H3/b9-5-,22-15+. The van der Waals surface area contributed by atoms with Crippen molar-refractivity contribution in [3.8, 4) is 0 Å². The highest BCUT2D eigenvalue weighted by Crippen LogP contribution is 2.39. The molecule has 0 amide bonds. The second-order valence-corrected chi connectivity index (χ2v) is 9.00. The molecule has 1 aliphatic carbocycles. The Morgan fingerprint density at radius 1 is 1.32 bits per heavy atom. The number of fused-ring (bicyclic) bond motifs is 1. The summed E-state index contributed by atoms with van der Waals surface area (Å²) in [6.07, 6.45) is 17.4. The van der Waals surface area contributed by atoms with Crippen LogP contribution in [0.3, 0.4) is 0 Å². The summed E-state index contributed by atoms with van der Waals surface area (Å²) in [5.41, 5.74) is 5.25. The van der Waals surface area contributed by atoms with Crippen molar-refractivity contribution in [3.05, 3.63) is 83.6 Å². The van der Waals surface area contributed by atoms with Gasteiger partial charge in [-0.05, 0) is 54.5 Å². The van der Waals surface area contributed by atoms with Gasteiger partial charge in [0.1, 0.15) is 0 Å². The number of aliphatic imine (C=N–C) groups is 1. The predicted molar refractivity (Wildman–Crippen MR) is 119 cm³/mol. The molecule has 0 radical (unpaired) electrons. The molecule has 1 N–H and O–H groups in total. The van der Waals surface area contributed by atoms with E-state index in [1.54, 1.807) is 12.1 Å². The van der Waals surface area contributed by atoms with Gasteiger partial charge in [-0.3, -0.25) is 9.71 Å². The molecule has 146 valence electrons. The van der Waals surface area contributed by atoms with E-state index in [0.717, 1.165) is 24.7 Å². The molecule has 1 aromatic carbocycles. The van der Waals surface area contributed by atoms with Crippen molar-refractivity contribution in [1.82, 2.24) is 0 Å². The number of hydrogen-bond acceptors (Lipinski definition) is 3. The van der Waals surface area contributed by atoms with Crippen LogP contribution in [0.1, 0.15) is 25.3 Å². The third-order valence-corrected chi connectivity index (χ3v) is 5.63. The molecule has 2 aliphatic rings. The van der Waals surface area contributed by atoms with E-state index in [9.17, 15) is 8.42 Å². The van der Waals surface area contributed by atoms with Crippen molar-refractivity contribution < 1.29 is 8.42 Å². The highest BCUT2D eigenvalue weighted by atomic mass is 32.2. The summed E-state index contributed by atoms with van der Waals surface area (Å²) in [6.45, 7) is 5.98. The average Bonchev–Trinajstić information content (AvgIpc) is 2.77. The van der Waals surface area contributed by atoms with Crippen molar-refractivity contribution in [2.45, 2.75) is 19.8 Å². The number of sulfonamides is 1. The summed E-state index contributed by atoms with van der Waals surface area (Å²) < 4.78 is 25.7. The van der Waals surface area contributed by atoms with Crippen LogP contribution in [0.25, 0.3) is 6.08 Å². The lowest BCUT2D eigenvalue weighted by Gasteiger charge is -2.24. The fourth-order valence-corrected chi connectivity index (χ4v) is 4.28. The molecule has 1 aliphatic heterocycles. The Morgan fingerprint density at radius 2 is 2.14 bits per heavy atom. The first-order valence-electron chi connectivity index (χ1n) is 9.36. The molecule has 1 aromatic rings. The van der Waals surface area contributed by atoms with Gasteiger partial charge in [0.05, 0.1) is 6.26 Å². The topological polar surface area (TPSA) is 58.5 Å². The Kier molecular flexibility index (Phi) is 6.15. The second-order valence-electron chi connectivity index (χ2n) is 7.26. The Hall–Kier alpha value is -2.66. The largest absolute Gasteiger partial charge is 0.284 e. The summed E-state index contributed by atoms with van der Waals surface area (Å²) in [5.74, 6) is 0.601. The van der Waals surface area contributed by atoms with Crippen molar-refractivity contribution in [2.75, 3.05) is 11.0 Å². The molecule has 0 saturated heterocycles. The number of hydrogen-bond donors (Lipinski definition) is 1. The van der Waals surface area contributed by atoms with Crippen LogP contribution < -0.4 is 4.72 Å². The molecule has 3 rings (SSSR count). The van der Waals surface area contributed by atoms with Gasteiger partial charge in [0.25, 0.3) is 0 Å². The molecular formula is C23H26N2O2S. The lowest BCUT2D eigenvalue weighted by Crippen LogP contribution is -2.18. The van der Waals surface area contributed by atoms with Crippen LogP contribution in [0.5, 0.6) is 0 Å². The number of anilines is 1. The highest BCUT2D eigenvalue weighted by molar-refractivity contribution is 7.92. The van der Waals surface area contributed by atoms with E-state index in [0.29, 0.717) is 11.6 Å². The molecule has 2 unspecified atom stereocenters. The van der Waals surface area contributed by atoms with Crippen molar-refractivity contribution >= 4 is 28.0 Å². The van der Waals surface area contributed by atoms with Crippen LogP contribution in [0, 0.1) is 11.8 Å². The number of benzene rings is 1. The van der Waals surface area contributed by atoms with Gasteiger partial charge in [0.2, 0.25) is 10.0 Å². The van der Waals surface area contributed by atoms with Crippen LogP contribution >= 0.6 is 0 Å². The normalized spacial score (nSPS) is 23.7. The van der Waals surface area contributed by atoms with Gasteiger partial charge < -0.3 is 0 Å². The first-order chi connectivity index (χ1) is 13.4. The molecule has 2 atom stereocenters. The molecule has 0 aromatic heterocycles. The number of nitrogens with one attached hydrogen (secondary N) is 1. The lowest BCUT2D eigenvalue weighted by molar-refractivity contribution is 0.533. The Labute approximate surface area is 167 Å². The van der Waals surface area contributed by atoms with Crippen molar-refractivity contribution in [2.24, 2.45) is 16.8 Å². The monoisotopic (exact) mass is 394 g/mol. The van der Waals surface area contributed by atoms with E-state index in [2.05, 4.69) is 41.4 Å². The zero-order chi connectivity index (χ0) is 20.1. The maximum absolute atomic E-state index is 11.6. The number of allylic oxidation sites excluding steroid dienone is 7. The first kappa shape index (κ1) is 20.1. The van der Waals surface area contributed by atoms with E-state index in [-0.39, 0.29) is 5.92 Å². The molecule has 4 nitrogen and oxygen atoms in total. The fourth-order valence-electron chi connectivity index (χ4n) is 3.73. The molecule has 28 heavy (non-hydrogen) atoms. The summed E-state index contributed by atoms with van der Waals surface area (Å²) in [7, 11) is -3.32. The quantitative estimate of drug-likeness (QED) is 0.704. The van der Waals surface area contributed by atoms with Crippen molar-refractivity contribution in [3.63, 3.8) is 0 Å². The zero-order valence-corrected chi connectivity index (χ0v) is 17.1. The Balaban J connectivity index is 2.10. The maximum Gasteiger partial charge on any atom is 0.229 e. The zero-order valence-electron chi connectivity index (χ0n) is 16.3. The Morgan fingerprint density at radius 3 is 2.89 bits per heavy atom. The van der Waals surface area contributed by atoms with Gasteiger partial charge in [0, 0.05) is 24.0 Å². The van der Waals surface area contributed by atoms with Crippen LogP contribution in [0.15, 0.2) is 83.1 Å². The van der Waals surface area contributed by atoms with E-state index < -0.39 is 10.0 Å².